The van der Waals surface area contributed by atoms with Gasteiger partial charge < -0.3 is 5.11 Å². The van der Waals surface area contributed by atoms with Gasteiger partial charge in [0.05, 0.1) is 0 Å². The molecule has 1 N–H and O–H groups in total. The molecule has 0 saturated heterocycles. The number of hydrogen-bond donors (Lipinski definition) is 1. The average Bonchev–Trinajstić information content (AvgIpc) is 2.36. The molecule has 0 amide bonds. The van der Waals surface area contributed by atoms with Crippen molar-refractivity contribution in [3.8, 4) is 0 Å². The fourth-order valence-corrected chi connectivity index (χ4v) is 0.734. The SMILES string of the molecule is CCCc1nnnn1C(=O)O. The molecule has 0 aliphatic heterocycles. The summed E-state index contributed by atoms with van der Waals surface area (Å²) < 4.78 is 0.781. The van der Waals surface area contributed by atoms with Gasteiger partial charge in [0, 0.05) is 6.42 Å². The second-order valence-corrected chi connectivity index (χ2v) is 2.04. The maximum absolute atomic E-state index is 10.4. The molecule has 1 aromatic heterocycles. The Labute approximate surface area is 62.8 Å². The zero-order chi connectivity index (χ0) is 8.27. The largest absolute Gasteiger partial charge is 0.463 e. The highest BCUT2D eigenvalue weighted by atomic mass is 16.4. The van der Waals surface area contributed by atoms with Crippen molar-refractivity contribution in [1.29, 1.82) is 0 Å². The smallest absolute Gasteiger partial charge is 0.435 e. The number of nitrogens with zero attached hydrogens (tertiary/aromatic N) is 4. The van der Waals surface area contributed by atoms with Gasteiger partial charge >= 0.3 is 6.09 Å². The van der Waals surface area contributed by atoms with E-state index in [0.29, 0.717) is 12.2 Å². The normalized spacial score (nSPS) is 9.91. The molecule has 0 atom stereocenters. The standard InChI is InChI=1S/C5H8N4O2/c1-2-3-4-6-7-8-9(4)5(10)11/h2-3H2,1H3,(H,10,11). The Bertz CT molecular complexity index is 257. The van der Waals surface area contributed by atoms with Crippen molar-refractivity contribution >= 4 is 6.09 Å². The van der Waals surface area contributed by atoms with Crippen molar-refractivity contribution in [3.05, 3.63) is 5.82 Å². The monoisotopic (exact) mass is 156 g/mol. The zero-order valence-corrected chi connectivity index (χ0v) is 6.06. The molecular formula is C5H8N4O2. The molecular weight excluding hydrogens is 148 g/mol. The number of carboxylic acid groups (broad SMARTS) is 1. The van der Waals surface area contributed by atoms with Gasteiger partial charge in [0.1, 0.15) is 0 Å². The van der Waals surface area contributed by atoms with E-state index in [1.54, 1.807) is 0 Å². The summed E-state index contributed by atoms with van der Waals surface area (Å²) in [7, 11) is 0. The van der Waals surface area contributed by atoms with Crippen molar-refractivity contribution in [3.63, 3.8) is 0 Å². The third-order valence-electron chi connectivity index (χ3n) is 1.19. The van der Waals surface area contributed by atoms with Crippen LogP contribution in [0.3, 0.4) is 0 Å². The van der Waals surface area contributed by atoms with Crippen LogP contribution < -0.4 is 0 Å². The molecule has 0 radical (unpaired) electrons. The van der Waals surface area contributed by atoms with Gasteiger partial charge in [0.2, 0.25) is 0 Å². The van der Waals surface area contributed by atoms with Crippen LogP contribution in [0.15, 0.2) is 0 Å². The molecule has 0 unspecified atom stereocenters. The molecule has 0 aliphatic rings. The van der Waals surface area contributed by atoms with Crippen LogP contribution in [0.1, 0.15) is 19.2 Å². The third-order valence-corrected chi connectivity index (χ3v) is 1.19. The number of rotatable bonds is 2. The maximum atomic E-state index is 10.4. The summed E-state index contributed by atoms with van der Waals surface area (Å²) in [6.07, 6.45) is 0.269. The van der Waals surface area contributed by atoms with Crippen LogP contribution in [0.25, 0.3) is 0 Å². The lowest BCUT2D eigenvalue weighted by Crippen LogP contribution is -2.13. The minimum absolute atomic E-state index is 0.389. The van der Waals surface area contributed by atoms with E-state index >= 15 is 0 Å². The Morgan fingerprint density at radius 2 is 2.45 bits per heavy atom. The first-order valence-corrected chi connectivity index (χ1v) is 3.26. The highest BCUT2D eigenvalue weighted by molar-refractivity contribution is 5.66. The minimum atomic E-state index is -1.14. The van der Waals surface area contributed by atoms with E-state index in [1.807, 2.05) is 6.92 Å². The third kappa shape index (κ3) is 1.51. The second-order valence-electron chi connectivity index (χ2n) is 2.04. The first kappa shape index (κ1) is 7.64. The Hall–Kier alpha value is -1.46. The van der Waals surface area contributed by atoms with E-state index in [0.717, 1.165) is 11.1 Å². The Balaban J connectivity index is 2.87. The van der Waals surface area contributed by atoms with Crippen LogP contribution in [-0.4, -0.2) is 31.4 Å². The average molecular weight is 156 g/mol. The Kier molecular flexibility index (Phi) is 2.15. The predicted octanol–water partition coefficient (Wildman–Crippen LogP) is 0.152. The predicted molar refractivity (Wildman–Crippen MR) is 35.2 cm³/mol. The molecule has 0 bridgehead atoms. The maximum Gasteiger partial charge on any atom is 0.435 e. The highest BCUT2D eigenvalue weighted by Crippen LogP contribution is 1.95. The van der Waals surface area contributed by atoms with E-state index in [-0.39, 0.29) is 0 Å². The van der Waals surface area contributed by atoms with Crippen LogP contribution in [0, 0.1) is 0 Å². The van der Waals surface area contributed by atoms with Crippen molar-refractivity contribution in [2.45, 2.75) is 19.8 Å². The van der Waals surface area contributed by atoms with E-state index in [9.17, 15) is 4.79 Å². The molecule has 0 spiro atoms. The van der Waals surface area contributed by atoms with Crippen molar-refractivity contribution in [2.75, 3.05) is 0 Å². The van der Waals surface area contributed by atoms with Gasteiger partial charge in [-0.1, -0.05) is 6.92 Å². The summed E-state index contributed by atoms with van der Waals surface area (Å²) in [5.41, 5.74) is 0. The molecule has 0 saturated carbocycles. The van der Waals surface area contributed by atoms with Gasteiger partial charge in [-0.2, -0.15) is 0 Å². The van der Waals surface area contributed by atoms with Crippen LogP contribution in [-0.2, 0) is 6.42 Å². The molecule has 0 aromatic carbocycles. The molecule has 0 aliphatic carbocycles. The first-order valence-electron chi connectivity index (χ1n) is 3.26. The van der Waals surface area contributed by atoms with Crippen molar-refractivity contribution in [1.82, 2.24) is 20.2 Å². The summed E-state index contributed by atoms with van der Waals surface area (Å²) in [5, 5.41) is 18.6. The van der Waals surface area contributed by atoms with E-state index in [4.69, 9.17) is 5.11 Å². The summed E-state index contributed by atoms with van der Waals surface area (Å²) in [6.45, 7) is 1.93. The lowest BCUT2D eigenvalue weighted by molar-refractivity contribution is 0.191. The summed E-state index contributed by atoms with van der Waals surface area (Å²) in [4.78, 5) is 10.4. The Morgan fingerprint density at radius 3 is 3.00 bits per heavy atom. The van der Waals surface area contributed by atoms with Gasteiger partial charge in [0.15, 0.2) is 5.82 Å². The number of aromatic nitrogens is 4. The number of carbonyl (C=O) groups is 1. The second kappa shape index (κ2) is 3.09. The first-order chi connectivity index (χ1) is 5.25. The van der Waals surface area contributed by atoms with Gasteiger partial charge in [-0.05, 0) is 16.8 Å². The number of aryl methyl sites for hydroxylation is 1. The van der Waals surface area contributed by atoms with E-state index in [2.05, 4.69) is 15.5 Å². The van der Waals surface area contributed by atoms with Gasteiger partial charge in [-0.25, -0.2) is 4.79 Å². The molecule has 1 aromatic rings. The van der Waals surface area contributed by atoms with Crippen LogP contribution in [0.5, 0.6) is 0 Å². The number of hydrogen-bond acceptors (Lipinski definition) is 4. The minimum Gasteiger partial charge on any atom is -0.463 e. The number of tetrazole rings is 1. The summed E-state index contributed by atoms with van der Waals surface area (Å²) >= 11 is 0. The molecule has 1 rings (SSSR count). The lowest BCUT2D eigenvalue weighted by Gasteiger charge is -1.93. The van der Waals surface area contributed by atoms with Crippen molar-refractivity contribution < 1.29 is 9.90 Å². The molecule has 6 heteroatoms. The molecule has 1 heterocycles. The topological polar surface area (TPSA) is 80.9 Å². The van der Waals surface area contributed by atoms with E-state index < -0.39 is 6.09 Å². The quantitative estimate of drug-likeness (QED) is 0.616. The molecule has 0 fully saturated rings. The van der Waals surface area contributed by atoms with E-state index in [1.165, 1.54) is 0 Å². The lowest BCUT2D eigenvalue weighted by atomic mass is 10.3. The fourth-order valence-electron chi connectivity index (χ4n) is 0.734. The molecule has 11 heavy (non-hydrogen) atoms. The van der Waals surface area contributed by atoms with Crippen LogP contribution in [0.4, 0.5) is 4.79 Å². The molecule has 60 valence electrons. The zero-order valence-electron chi connectivity index (χ0n) is 6.06. The summed E-state index contributed by atoms with van der Waals surface area (Å²) in [5.74, 6) is 0.389. The summed E-state index contributed by atoms with van der Waals surface area (Å²) in [6, 6.07) is 0. The van der Waals surface area contributed by atoms with Gasteiger partial charge in [0.25, 0.3) is 0 Å². The van der Waals surface area contributed by atoms with Crippen LogP contribution >= 0.6 is 0 Å². The van der Waals surface area contributed by atoms with Crippen molar-refractivity contribution in [2.24, 2.45) is 0 Å². The van der Waals surface area contributed by atoms with Gasteiger partial charge in [-0.3, -0.25) is 0 Å². The van der Waals surface area contributed by atoms with Crippen LogP contribution in [0.2, 0.25) is 0 Å². The fraction of sp³-hybridized carbons (Fsp3) is 0.600. The highest BCUT2D eigenvalue weighted by Gasteiger charge is 2.09. The van der Waals surface area contributed by atoms with Gasteiger partial charge in [-0.15, -0.1) is 9.78 Å². The molecule has 6 nitrogen and oxygen atoms in total. The Morgan fingerprint density at radius 1 is 1.73 bits per heavy atom.